The number of anilines is 1. The SMILES string of the molecule is C=C(NCCNc1cc(/C(C)=C(O)/C=C\CC)nc2c(Br)cnn12)C1(c2ccccc2)CCCC1. The number of hydrogen-bond donors (Lipinski definition) is 3. The molecule has 1 aliphatic rings. The average molecular weight is 537 g/mol. The molecule has 1 aliphatic carbocycles. The van der Waals surface area contributed by atoms with Crippen LogP contribution in [0.25, 0.3) is 11.2 Å². The van der Waals surface area contributed by atoms with E-state index >= 15 is 0 Å². The Kier molecular flexibility index (Phi) is 7.96. The number of benzene rings is 1. The first-order valence-electron chi connectivity index (χ1n) is 12.3. The first-order valence-corrected chi connectivity index (χ1v) is 13.1. The van der Waals surface area contributed by atoms with E-state index in [1.54, 1.807) is 16.8 Å². The molecular weight excluding hydrogens is 502 g/mol. The van der Waals surface area contributed by atoms with Gasteiger partial charge in [-0.05, 0) is 53.8 Å². The maximum Gasteiger partial charge on any atom is 0.172 e. The number of aliphatic hydroxyl groups is 1. The molecule has 0 spiro atoms. The van der Waals surface area contributed by atoms with Gasteiger partial charge in [-0.3, -0.25) is 0 Å². The predicted octanol–water partition coefficient (Wildman–Crippen LogP) is 6.77. The Morgan fingerprint density at radius 3 is 2.69 bits per heavy atom. The van der Waals surface area contributed by atoms with Crippen molar-refractivity contribution in [3.63, 3.8) is 0 Å². The van der Waals surface area contributed by atoms with Gasteiger partial charge in [0.15, 0.2) is 5.65 Å². The molecule has 0 radical (unpaired) electrons. The summed E-state index contributed by atoms with van der Waals surface area (Å²) in [4.78, 5) is 4.71. The van der Waals surface area contributed by atoms with Crippen LogP contribution in [-0.2, 0) is 5.41 Å². The number of nitrogens with one attached hydrogen (secondary N) is 2. The van der Waals surface area contributed by atoms with Gasteiger partial charge >= 0.3 is 0 Å². The molecule has 3 N–H and O–H groups in total. The van der Waals surface area contributed by atoms with E-state index in [0.717, 1.165) is 41.8 Å². The van der Waals surface area contributed by atoms with E-state index in [1.165, 1.54) is 18.4 Å². The van der Waals surface area contributed by atoms with Gasteiger partial charge in [0.25, 0.3) is 0 Å². The third-order valence-electron chi connectivity index (χ3n) is 6.84. The molecule has 2 heterocycles. The summed E-state index contributed by atoms with van der Waals surface area (Å²) in [5, 5.41) is 22.0. The van der Waals surface area contributed by atoms with E-state index in [-0.39, 0.29) is 11.2 Å². The lowest BCUT2D eigenvalue weighted by molar-refractivity contribution is 0.434. The average Bonchev–Trinajstić information content (AvgIpc) is 3.53. The molecule has 4 rings (SSSR count). The summed E-state index contributed by atoms with van der Waals surface area (Å²) < 4.78 is 2.58. The fraction of sp³-hybridized carbons (Fsp3) is 0.357. The second-order valence-electron chi connectivity index (χ2n) is 9.06. The highest BCUT2D eigenvalue weighted by Gasteiger charge is 2.38. The van der Waals surface area contributed by atoms with Gasteiger partial charge in [-0.15, -0.1) is 0 Å². The molecule has 0 aliphatic heterocycles. The lowest BCUT2D eigenvalue weighted by atomic mass is 9.76. The number of aromatic nitrogens is 3. The Bertz CT molecular complexity index is 1240. The van der Waals surface area contributed by atoms with E-state index in [9.17, 15) is 5.11 Å². The molecule has 0 amide bonds. The summed E-state index contributed by atoms with van der Waals surface area (Å²) in [5.41, 5.74) is 4.57. The van der Waals surface area contributed by atoms with Gasteiger partial charge in [0.05, 0.1) is 16.4 Å². The van der Waals surface area contributed by atoms with Crippen molar-refractivity contribution in [2.45, 2.75) is 51.4 Å². The molecule has 0 unspecified atom stereocenters. The Morgan fingerprint density at radius 1 is 1.23 bits per heavy atom. The molecule has 0 bridgehead atoms. The maximum atomic E-state index is 10.5. The molecule has 35 heavy (non-hydrogen) atoms. The quantitative estimate of drug-likeness (QED) is 0.151. The van der Waals surface area contributed by atoms with Crippen molar-refractivity contribution < 1.29 is 5.11 Å². The first-order chi connectivity index (χ1) is 17.0. The van der Waals surface area contributed by atoms with E-state index in [0.29, 0.717) is 23.5 Å². The minimum atomic E-state index is 0.0106. The zero-order valence-electron chi connectivity index (χ0n) is 20.5. The Hall–Kier alpha value is -3.06. The van der Waals surface area contributed by atoms with Crippen molar-refractivity contribution in [2.24, 2.45) is 0 Å². The highest BCUT2D eigenvalue weighted by atomic mass is 79.9. The van der Waals surface area contributed by atoms with Gasteiger partial charge in [0, 0.05) is 35.8 Å². The van der Waals surface area contributed by atoms with E-state index in [2.05, 4.69) is 68.6 Å². The van der Waals surface area contributed by atoms with E-state index in [4.69, 9.17) is 4.98 Å². The van der Waals surface area contributed by atoms with Crippen LogP contribution < -0.4 is 10.6 Å². The standard InChI is InChI=1S/C28H34BrN5O/c1-4-5-13-25(35)20(2)24-18-26(34-27(33-24)23(29)19-32-34)31-17-16-30-21(3)28(14-9-10-15-28)22-11-7-6-8-12-22/h5-8,11-13,18-19,30-31,35H,3-4,9-10,14-17H2,1-2H3/b13-5-,25-20-. The zero-order valence-corrected chi connectivity index (χ0v) is 22.1. The van der Waals surface area contributed by atoms with Crippen molar-refractivity contribution >= 4 is 33.0 Å². The summed E-state index contributed by atoms with van der Waals surface area (Å²) in [6, 6.07) is 12.7. The Labute approximate surface area is 216 Å². The highest BCUT2D eigenvalue weighted by Crippen LogP contribution is 2.45. The number of nitrogens with zero attached hydrogens (tertiary/aromatic N) is 3. The summed E-state index contributed by atoms with van der Waals surface area (Å²) in [6.45, 7) is 9.77. The molecule has 3 aromatic rings. The fourth-order valence-corrected chi connectivity index (χ4v) is 5.16. The van der Waals surface area contributed by atoms with Crippen LogP contribution in [0.15, 0.2) is 77.3 Å². The van der Waals surface area contributed by atoms with Crippen LogP contribution in [0.2, 0.25) is 0 Å². The smallest absolute Gasteiger partial charge is 0.172 e. The van der Waals surface area contributed by atoms with Gasteiger partial charge in [-0.1, -0.05) is 62.8 Å². The van der Waals surface area contributed by atoms with Gasteiger partial charge < -0.3 is 15.7 Å². The summed E-state index contributed by atoms with van der Waals surface area (Å²) in [7, 11) is 0. The molecule has 0 saturated heterocycles. The van der Waals surface area contributed by atoms with Crippen LogP contribution in [0, 0.1) is 0 Å². The molecule has 1 aromatic carbocycles. The number of rotatable bonds is 10. The van der Waals surface area contributed by atoms with Gasteiger partial charge in [0.2, 0.25) is 0 Å². The van der Waals surface area contributed by atoms with Crippen molar-refractivity contribution in [1.82, 2.24) is 19.9 Å². The molecule has 1 saturated carbocycles. The summed E-state index contributed by atoms with van der Waals surface area (Å²) >= 11 is 3.54. The van der Waals surface area contributed by atoms with Crippen LogP contribution in [0.5, 0.6) is 0 Å². The predicted molar refractivity (Wildman–Crippen MR) is 148 cm³/mol. The molecule has 2 aromatic heterocycles. The van der Waals surface area contributed by atoms with Crippen LogP contribution in [0.3, 0.4) is 0 Å². The Balaban J connectivity index is 1.48. The number of halogens is 1. The highest BCUT2D eigenvalue weighted by molar-refractivity contribution is 9.10. The third kappa shape index (κ3) is 5.30. The summed E-state index contributed by atoms with van der Waals surface area (Å²) in [5.74, 6) is 1.03. The molecular formula is C28H34BrN5O. The normalized spacial score (nSPS) is 16.0. The van der Waals surface area contributed by atoms with Gasteiger partial charge in [-0.25, -0.2) is 4.98 Å². The van der Waals surface area contributed by atoms with E-state index in [1.807, 2.05) is 26.0 Å². The van der Waals surface area contributed by atoms with Gasteiger partial charge in [-0.2, -0.15) is 9.61 Å². The minimum Gasteiger partial charge on any atom is -0.508 e. The third-order valence-corrected chi connectivity index (χ3v) is 7.40. The first kappa shape index (κ1) is 25.0. The summed E-state index contributed by atoms with van der Waals surface area (Å²) in [6.07, 6.45) is 11.0. The minimum absolute atomic E-state index is 0.0106. The topological polar surface area (TPSA) is 74.5 Å². The molecule has 7 heteroatoms. The monoisotopic (exact) mass is 535 g/mol. The van der Waals surface area contributed by atoms with Crippen molar-refractivity contribution in [1.29, 1.82) is 0 Å². The zero-order chi connectivity index (χ0) is 24.8. The van der Waals surface area contributed by atoms with Crippen molar-refractivity contribution in [2.75, 3.05) is 18.4 Å². The van der Waals surface area contributed by atoms with E-state index < -0.39 is 0 Å². The van der Waals surface area contributed by atoms with Crippen LogP contribution in [-0.4, -0.2) is 32.8 Å². The molecule has 1 fully saturated rings. The van der Waals surface area contributed by atoms with Crippen LogP contribution in [0.1, 0.15) is 57.2 Å². The second-order valence-corrected chi connectivity index (χ2v) is 9.92. The van der Waals surface area contributed by atoms with Crippen molar-refractivity contribution in [3.8, 4) is 0 Å². The van der Waals surface area contributed by atoms with Gasteiger partial charge in [0.1, 0.15) is 11.6 Å². The largest absolute Gasteiger partial charge is 0.508 e. The number of hydrogen-bond acceptors (Lipinski definition) is 5. The number of fused-ring (bicyclic) bond motifs is 1. The second kappa shape index (κ2) is 11.1. The van der Waals surface area contributed by atoms with Crippen LogP contribution >= 0.6 is 15.9 Å². The molecule has 0 atom stereocenters. The fourth-order valence-electron chi connectivity index (χ4n) is 4.81. The lowest BCUT2D eigenvalue weighted by Crippen LogP contribution is -2.35. The molecule has 184 valence electrons. The Morgan fingerprint density at radius 2 is 1.97 bits per heavy atom. The number of aliphatic hydroxyl groups excluding tert-OH is 1. The maximum absolute atomic E-state index is 10.5. The van der Waals surface area contributed by atoms with Crippen LogP contribution in [0.4, 0.5) is 5.82 Å². The van der Waals surface area contributed by atoms with Crippen molar-refractivity contribution in [3.05, 3.63) is 88.5 Å². The number of allylic oxidation sites excluding steroid dienone is 4. The lowest BCUT2D eigenvalue weighted by Gasteiger charge is -2.33. The molecule has 6 nitrogen and oxygen atoms in total.